The van der Waals surface area contributed by atoms with Crippen molar-refractivity contribution in [2.75, 3.05) is 38.1 Å². The molecule has 146 valence electrons. The van der Waals surface area contributed by atoms with Crippen LogP contribution < -0.4 is 10.2 Å². The zero-order valence-corrected chi connectivity index (χ0v) is 18.1. The van der Waals surface area contributed by atoms with Crippen molar-refractivity contribution in [2.45, 2.75) is 6.54 Å². The van der Waals surface area contributed by atoms with Crippen LogP contribution >= 0.6 is 35.6 Å². The molecule has 8 heteroatoms. The smallest absolute Gasteiger partial charge is 0.194 e. The average Bonchev–Trinajstić information content (AvgIpc) is 2.66. The molecule has 1 aliphatic rings. The summed E-state index contributed by atoms with van der Waals surface area (Å²) in [6.45, 7) is 3.68. The third-order valence-electron chi connectivity index (χ3n) is 4.45. The molecule has 27 heavy (non-hydrogen) atoms. The topological polar surface area (TPSA) is 51.1 Å². The standard InChI is InChI=1S/C19H22ClFN4O.HI/c1-22-19(23-13-14-6-7-16(21)15(20)12-14)25-10-8-24(9-11-25)17-4-2-3-5-18(17)26;/h2-7,12,26H,8-11,13H2,1H3,(H,22,23);1H. The van der Waals surface area contributed by atoms with Gasteiger partial charge in [0.1, 0.15) is 11.6 Å². The van der Waals surface area contributed by atoms with Crippen LogP contribution in [0.2, 0.25) is 5.02 Å². The summed E-state index contributed by atoms with van der Waals surface area (Å²) in [6, 6.07) is 12.1. The second-order valence-corrected chi connectivity index (χ2v) is 6.52. The predicted octanol–water partition coefficient (Wildman–Crippen LogP) is 3.70. The van der Waals surface area contributed by atoms with Gasteiger partial charge in [0.05, 0.1) is 10.7 Å². The first kappa shape index (κ1) is 21.6. The van der Waals surface area contributed by atoms with Gasteiger partial charge in [0.25, 0.3) is 0 Å². The number of aliphatic imine (C=N–C) groups is 1. The van der Waals surface area contributed by atoms with Crippen LogP contribution in [-0.4, -0.2) is 49.2 Å². The van der Waals surface area contributed by atoms with E-state index in [1.807, 2.05) is 18.2 Å². The largest absolute Gasteiger partial charge is 0.506 e. The van der Waals surface area contributed by atoms with Gasteiger partial charge in [-0.25, -0.2) is 4.39 Å². The van der Waals surface area contributed by atoms with Crippen LogP contribution in [0.25, 0.3) is 0 Å². The van der Waals surface area contributed by atoms with Crippen molar-refractivity contribution < 1.29 is 9.50 Å². The lowest BCUT2D eigenvalue weighted by atomic mass is 10.2. The number of hydrogen-bond acceptors (Lipinski definition) is 3. The van der Waals surface area contributed by atoms with Crippen molar-refractivity contribution in [3.8, 4) is 5.75 Å². The van der Waals surface area contributed by atoms with Gasteiger partial charge in [0.15, 0.2) is 5.96 Å². The lowest BCUT2D eigenvalue weighted by Crippen LogP contribution is -2.52. The van der Waals surface area contributed by atoms with Crippen molar-refractivity contribution in [2.24, 2.45) is 4.99 Å². The zero-order chi connectivity index (χ0) is 18.5. The van der Waals surface area contributed by atoms with Gasteiger partial charge in [-0.05, 0) is 29.8 Å². The van der Waals surface area contributed by atoms with Gasteiger partial charge in [-0.15, -0.1) is 24.0 Å². The molecule has 1 heterocycles. The predicted molar refractivity (Wildman–Crippen MR) is 119 cm³/mol. The van der Waals surface area contributed by atoms with E-state index in [-0.39, 0.29) is 29.0 Å². The third kappa shape index (κ3) is 5.38. The summed E-state index contributed by atoms with van der Waals surface area (Å²) in [4.78, 5) is 8.67. The highest BCUT2D eigenvalue weighted by molar-refractivity contribution is 14.0. The van der Waals surface area contributed by atoms with Crippen LogP contribution in [-0.2, 0) is 6.54 Å². The van der Waals surface area contributed by atoms with Crippen molar-refractivity contribution >= 4 is 47.2 Å². The van der Waals surface area contributed by atoms with Crippen LogP contribution in [0.4, 0.5) is 10.1 Å². The minimum absolute atomic E-state index is 0. The van der Waals surface area contributed by atoms with Crippen LogP contribution in [0, 0.1) is 5.82 Å². The number of aromatic hydroxyl groups is 1. The van der Waals surface area contributed by atoms with Gasteiger partial charge in [0.2, 0.25) is 0 Å². The number of rotatable bonds is 3. The number of nitrogens with one attached hydrogen (secondary N) is 1. The fourth-order valence-electron chi connectivity index (χ4n) is 3.05. The summed E-state index contributed by atoms with van der Waals surface area (Å²) < 4.78 is 13.3. The van der Waals surface area contributed by atoms with E-state index in [9.17, 15) is 9.50 Å². The van der Waals surface area contributed by atoms with Gasteiger partial charge in [0, 0.05) is 39.8 Å². The maximum absolute atomic E-state index is 13.3. The molecule has 0 unspecified atom stereocenters. The molecule has 0 aliphatic carbocycles. The summed E-state index contributed by atoms with van der Waals surface area (Å²) >= 11 is 5.83. The molecule has 0 radical (unpaired) electrons. The van der Waals surface area contributed by atoms with Crippen molar-refractivity contribution in [3.05, 3.63) is 58.9 Å². The first-order valence-corrected chi connectivity index (χ1v) is 8.88. The van der Waals surface area contributed by atoms with E-state index in [1.165, 1.54) is 6.07 Å². The number of para-hydroxylation sites is 2. The molecule has 0 aromatic heterocycles. The van der Waals surface area contributed by atoms with Crippen molar-refractivity contribution in [1.29, 1.82) is 0 Å². The van der Waals surface area contributed by atoms with Crippen molar-refractivity contribution in [1.82, 2.24) is 10.2 Å². The minimum Gasteiger partial charge on any atom is -0.506 e. The van der Waals surface area contributed by atoms with Gasteiger partial charge >= 0.3 is 0 Å². The number of piperazine rings is 1. The van der Waals surface area contributed by atoms with E-state index in [2.05, 4.69) is 20.1 Å². The number of hydrogen-bond donors (Lipinski definition) is 2. The molecule has 3 rings (SSSR count). The monoisotopic (exact) mass is 504 g/mol. The van der Waals surface area contributed by atoms with E-state index in [4.69, 9.17) is 11.6 Å². The Hall–Kier alpha value is -1.74. The second kappa shape index (κ2) is 9.98. The normalized spacial score (nSPS) is 14.7. The molecule has 1 saturated heterocycles. The number of anilines is 1. The maximum atomic E-state index is 13.3. The molecule has 2 N–H and O–H groups in total. The number of nitrogens with zero attached hydrogens (tertiary/aromatic N) is 3. The molecule has 0 spiro atoms. The summed E-state index contributed by atoms with van der Waals surface area (Å²) in [5.41, 5.74) is 1.75. The Kier molecular flexibility index (Phi) is 7.97. The molecule has 0 amide bonds. The molecule has 1 fully saturated rings. The molecule has 0 atom stereocenters. The number of benzene rings is 2. The summed E-state index contributed by atoms with van der Waals surface area (Å²) in [7, 11) is 1.75. The highest BCUT2D eigenvalue weighted by atomic mass is 127. The molecule has 1 aliphatic heterocycles. The third-order valence-corrected chi connectivity index (χ3v) is 4.74. The minimum atomic E-state index is -0.417. The van der Waals surface area contributed by atoms with Crippen LogP contribution in [0.1, 0.15) is 5.56 Å². The molecular weight excluding hydrogens is 482 g/mol. The molecular formula is C19H23ClFIN4O. The number of phenols is 1. The Labute approximate surface area is 180 Å². The van der Waals surface area contributed by atoms with Gasteiger partial charge in [-0.1, -0.05) is 29.8 Å². The number of guanidine groups is 1. The Balaban J connectivity index is 0.00000261. The summed E-state index contributed by atoms with van der Waals surface area (Å²) in [6.07, 6.45) is 0. The molecule has 0 bridgehead atoms. The van der Waals surface area contributed by atoms with Crippen LogP contribution in [0.3, 0.4) is 0 Å². The maximum Gasteiger partial charge on any atom is 0.194 e. The van der Waals surface area contributed by atoms with Gasteiger partial charge in [-0.2, -0.15) is 0 Å². The summed E-state index contributed by atoms with van der Waals surface area (Å²) in [5, 5.41) is 13.4. The number of phenolic OH excluding ortho intramolecular Hbond substituents is 1. The Morgan fingerprint density at radius 3 is 2.52 bits per heavy atom. The average molecular weight is 505 g/mol. The van der Waals surface area contributed by atoms with Gasteiger partial charge in [-0.3, -0.25) is 4.99 Å². The number of halogens is 3. The quantitative estimate of drug-likeness (QED) is 0.380. The highest BCUT2D eigenvalue weighted by Crippen LogP contribution is 2.27. The second-order valence-electron chi connectivity index (χ2n) is 6.11. The molecule has 2 aromatic carbocycles. The molecule has 5 nitrogen and oxygen atoms in total. The zero-order valence-electron chi connectivity index (χ0n) is 15.0. The van der Waals surface area contributed by atoms with Crippen molar-refractivity contribution in [3.63, 3.8) is 0 Å². The Morgan fingerprint density at radius 2 is 1.89 bits per heavy atom. The lowest BCUT2D eigenvalue weighted by Gasteiger charge is -2.37. The van der Waals surface area contributed by atoms with E-state index in [1.54, 1.807) is 25.2 Å². The Morgan fingerprint density at radius 1 is 1.19 bits per heavy atom. The van der Waals surface area contributed by atoms with E-state index in [0.29, 0.717) is 12.3 Å². The van der Waals surface area contributed by atoms with E-state index < -0.39 is 5.82 Å². The fraction of sp³-hybridized carbons (Fsp3) is 0.316. The fourth-order valence-corrected chi connectivity index (χ4v) is 3.26. The molecule has 0 saturated carbocycles. The summed E-state index contributed by atoms with van der Waals surface area (Å²) in [5.74, 6) is 0.680. The van der Waals surface area contributed by atoms with Gasteiger partial charge < -0.3 is 20.2 Å². The first-order valence-electron chi connectivity index (χ1n) is 8.51. The SMILES string of the molecule is CN=C(NCc1ccc(F)c(Cl)c1)N1CCN(c2ccccc2O)CC1.I. The molecule has 2 aromatic rings. The van der Waals surface area contributed by atoms with Crippen LogP contribution in [0.15, 0.2) is 47.5 Å². The van der Waals surface area contributed by atoms with E-state index >= 15 is 0 Å². The van der Waals surface area contributed by atoms with Crippen LogP contribution in [0.5, 0.6) is 5.75 Å². The lowest BCUT2D eigenvalue weighted by molar-refractivity contribution is 0.369. The van der Waals surface area contributed by atoms with E-state index in [0.717, 1.165) is 43.4 Å². The Bertz CT molecular complexity index is 797. The first-order chi connectivity index (χ1) is 12.6. The highest BCUT2D eigenvalue weighted by Gasteiger charge is 2.21.